The molecule has 0 nitrogen and oxygen atoms in total. The summed E-state index contributed by atoms with van der Waals surface area (Å²) < 4.78 is 0. The maximum Gasteiger partial charge on any atom is -0.0152 e. The van der Waals surface area contributed by atoms with E-state index in [4.69, 9.17) is 0 Å². The molecule has 0 aromatic heterocycles. The Balaban J connectivity index is 0.00000112. The van der Waals surface area contributed by atoms with Gasteiger partial charge in [-0.15, -0.1) is 0 Å². The number of rotatable bonds is 1. The molecule has 0 heteroatoms. The molecule has 0 atom stereocenters. The van der Waals surface area contributed by atoms with Gasteiger partial charge in [0.25, 0.3) is 0 Å². The van der Waals surface area contributed by atoms with E-state index in [1.54, 1.807) is 0 Å². The molecular weight excluding hydrogens is 180 g/mol. The highest BCUT2D eigenvalue weighted by atomic mass is 14.1. The zero-order valence-corrected chi connectivity index (χ0v) is 8.62. The second-order valence-corrected chi connectivity index (χ2v) is 3.61. The summed E-state index contributed by atoms with van der Waals surface area (Å²) in [7, 11) is 0. The lowest BCUT2D eigenvalue weighted by Gasteiger charge is -2.07. The molecule has 0 saturated carbocycles. The first-order valence-corrected chi connectivity index (χ1v) is 4.90. The summed E-state index contributed by atoms with van der Waals surface area (Å²) in [6.45, 7) is 4.33. The van der Waals surface area contributed by atoms with Crippen LogP contribution in [0.5, 0.6) is 0 Å². The van der Waals surface area contributed by atoms with E-state index < -0.39 is 0 Å². The molecule has 0 saturated heterocycles. The molecule has 0 aliphatic rings. The van der Waals surface area contributed by atoms with Crippen LogP contribution < -0.4 is 0 Å². The zero-order chi connectivity index (χ0) is 9.97. The van der Waals surface area contributed by atoms with Crippen LogP contribution in [0.25, 0.3) is 11.1 Å². The third-order valence-electron chi connectivity index (χ3n) is 2.69. The number of benzene rings is 2. The van der Waals surface area contributed by atoms with Crippen LogP contribution in [0.15, 0.2) is 48.5 Å². The predicted octanol–water partition coefficient (Wildman–Crippen LogP) is 4.61. The lowest BCUT2D eigenvalue weighted by Crippen LogP contribution is -1.85. The minimum atomic E-state index is 0. The SMILES string of the molecule is C.Cc1cccc(-c2ccccc2)c1C. The fourth-order valence-corrected chi connectivity index (χ4v) is 1.68. The molecule has 2 rings (SSSR count). The summed E-state index contributed by atoms with van der Waals surface area (Å²) in [5.74, 6) is 0. The predicted molar refractivity (Wildman–Crippen MR) is 68.1 cm³/mol. The summed E-state index contributed by atoms with van der Waals surface area (Å²) in [5.41, 5.74) is 5.37. The van der Waals surface area contributed by atoms with Crippen molar-refractivity contribution in [2.45, 2.75) is 21.3 Å². The number of aryl methyl sites for hydroxylation is 1. The molecule has 0 heterocycles. The highest BCUT2D eigenvalue weighted by molar-refractivity contribution is 5.68. The van der Waals surface area contributed by atoms with Gasteiger partial charge in [-0.05, 0) is 36.1 Å². The third-order valence-corrected chi connectivity index (χ3v) is 2.69. The van der Waals surface area contributed by atoms with E-state index in [9.17, 15) is 0 Å². The van der Waals surface area contributed by atoms with Crippen LogP contribution in [0.1, 0.15) is 18.6 Å². The first-order valence-electron chi connectivity index (χ1n) is 4.90. The Hall–Kier alpha value is -1.56. The minimum Gasteiger partial charge on any atom is -0.0776 e. The topological polar surface area (TPSA) is 0 Å². The highest BCUT2D eigenvalue weighted by Gasteiger charge is 2.01. The lowest BCUT2D eigenvalue weighted by atomic mass is 9.97. The van der Waals surface area contributed by atoms with Gasteiger partial charge in [0.15, 0.2) is 0 Å². The van der Waals surface area contributed by atoms with E-state index >= 15 is 0 Å². The molecule has 78 valence electrons. The average molecular weight is 198 g/mol. The molecule has 0 radical (unpaired) electrons. The van der Waals surface area contributed by atoms with Crippen LogP contribution in [0.2, 0.25) is 0 Å². The molecule has 0 N–H and O–H groups in total. The Morgan fingerprint density at radius 3 is 2.07 bits per heavy atom. The first-order chi connectivity index (χ1) is 6.79. The molecule has 0 fully saturated rings. The smallest absolute Gasteiger partial charge is 0.0152 e. The van der Waals surface area contributed by atoms with Crippen molar-refractivity contribution in [3.8, 4) is 11.1 Å². The second-order valence-electron chi connectivity index (χ2n) is 3.61. The zero-order valence-electron chi connectivity index (χ0n) is 8.62. The van der Waals surface area contributed by atoms with Crippen molar-refractivity contribution in [1.82, 2.24) is 0 Å². The molecule has 0 aliphatic carbocycles. The van der Waals surface area contributed by atoms with Crippen LogP contribution in [-0.4, -0.2) is 0 Å². The van der Waals surface area contributed by atoms with Gasteiger partial charge in [0.05, 0.1) is 0 Å². The quantitative estimate of drug-likeness (QED) is 0.628. The van der Waals surface area contributed by atoms with Gasteiger partial charge in [-0.2, -0.15) is 0 Å². The van der Waals surface area contributed by atoms with E-state index in [1.807, 2.05) is 0 Å². The van der Waals surface area contributed by atoms with Crippen molar-refractivity contribution in [1.29, 1.82) is 0 Å². The molecule has 2 aromatic rings. The van der Waals surface area contributed by atoms with Crippen molar-refractivity contribution in [2.75, 3.05) is 0 Å². The van der Waals surface area contributed by atoms with Gasteiger partial charge >= 0.3 is 0 Å². The van der Waals surface area contributed by atoms with Crippen molar-refractivity contribution in [3.05, 3.63) is 59.7 Å². The van der Waals surface area contributed by atoms with Crippen molar-refractivity contribution in [3.63, 3.8) is 0 Å². The van der Waals surface area contributed by atoms with Gasteiger partial charge in [-0.25, -0.2) is 0 Å². The Bertz CT molecular complexity index is 427. The monoisotopic (exact) mass is 198 g/mol. The minimum absolute atomic E-state index is 0. The Kier molecular flexibility index (Phi) is 3.68. The highest BCUT2D eigenvalue weighted by Crippen LogP contribution is 2.24. The van der Waals surface area contributed by atoms with Crippen LogP contribution in [0.4, 0.5) is 0 Å². The Morgan fingerprint density at radius 2 is 1.40 bits per heavy atom. The molecule has 0 unspecified atom stereocenters. The summed E-state index contributed by atoms with van der Waals surface area (Å²) in [6.07, 6.45) is 0. The lowest BCUT2D eigenvalue weighted by molar-refractivity contribution is 1.34. The number of hydrogen-bond acceptors (Lipinski definition) is 0. The fourth-order valence-electron chi connectivity index (χ4n) is 1.68. The van der Waals surface area contributed by atoms with Gasteiger partial charge < -0.3 is 0 Å². The molecule has 2 aromatic carbocycles. The normalized spacial score (nSPS) is 9.47. The standard InChI is InChI=1S/C14H14.CH4/c1-11-7-6-10-14(12(11)2)13-8-4-3-5-9-13;/h3-10H,1-2H3;1H4. The van der Waals surface area contributed by atoms with Gasteiger partial charge in [0.2, 0.25) is 0 Å². The second kappa shape index (κ2) is 4.79. The maximum atomic E-state index is 2.18. The molecule has 0 amide bonds. The number of hydrogen-bond donors (Lipinski definition) is 0. The van der Waals surface area contributed by atoms with Crippen LogP contribution in [0.3, 0.4) is 0 Å². The van der Waals surface area contributed by atoms with Crippen LogP contribution >= 0.6 is 0 Å². The molecule has 15 heavy (non-hydrogen) atoms. The van der Waals surface area contributed by atoms with E-state index in [2.05, 4.69) is 62.4 Å². The Labute approximate surface area is 92.6 Å². The first kappa shape index (κ1) is 11.5. The van der Waals surface area contributed by atoms with Crippen molar-refractivity contribution >= 4 is 0 Å². The van der Waals surface area contributed by atoms with Crippen LogP contribution in [-0.2, 0) is 0 Å². The molecule has 0 aliphatic heterocycles. The third kappa shape index (κ3) is 2.27. The van der Waals surface area contributed by atoms with E-state index in [-0.39, 0.29) is 7.43 Å². The van der Waals surface area contributed by atoms with Gasteiger partial charge in [0.1, 0.15) is 0 Å². The maximum absolute atomic E-state index is 2.18. The van der Waals surface area contributed by atoms with E-state index in [0.29, 0.717) is 0 Å². The Morgan fingerprint density at radius 1 is 0.733 bits per heavy atom. The van der Waals surface area contributed by atoms with Gasteiger partial charge in [-0.1, -0.05) is 56.0 Å². The van der Waals surface area contributed by atoms with Crippen molar-refractivity contribution < 1.29 is 0 Å². The van der Waals surface area contributed by atoms with Crippen molar-refractivity contribution in [2.24, 2.45) is 0 Å². The summed E-state index contributed by atoms with van der Waals surface area (Å²) in [4.78, 5) is 0. The molecule has 0 bridgehead atoms. The van der Waals surface area contributed by atoms with Crippen LogP contribution in [0, 0.1) is 13.8 Å². The fraction of sp³-hybridized carbons (Fsp3) is 0.200. The molecule has 0 spiro atoms. The largest absolute Gasteiger partial charge is 0.0776 e. The summed E-state index contributed by atoms with van der Waals surface area (Å²) >= 11 is 0. The average Bonchev–Trinajstić information content (AvgIpc) is 2.23. The summed E-state index contributed by atoms with van der Waals surface area (Å²) in [6, 6.07) is 17.0. The van der Waals surface area contributed by atoms with Gasteiger partial charge in [-0.3, -0.25) is 0 Å². The molecular formula is C15H18. The van der Waals surface area contributed by atoms with E-state index in [1.165, 1.54) is 22.3 Å². The summed E-state index contributed by atoms with van der Waals surface area (Å²) in [5, 5.41) is 0. The van der Waals surface area contributed by atoms with E-state index in [0.717, 1.165) is 0 Å². The van der Waals surface area contributed by atoms with Gasteiger partial charge in [0, 0.05) is 0 Å².